The van der Waals surface area contributed by atoms with Crippen molar-refractivity contribution in [3.63, 3.8) is 0 Å². The largest absolute Gasteiger partial charge is 0.508 e. The topological polar surface area (TPSA) is 76.0 Å². The molecule has 5 heteroatoms. The lowest BCUT2D eigenvalue weighted by Crippen LogP contribution is -2.20. The molecule has 0 saturated heterocycles. The van der Waals surface area contributed by atoms with Gasteiger partial charge >= 0.3 is 6.16 Å². The van der Waals surface area contributed by atoms with Crippen molar-refractivity contribution >= 4 is 6.16 Å². The average Bonchev–Trinajstić information content (AvgIpc) is 2.34. The highest BCUT2D eigenvalue weighted by molar-refractivity contribution is 5.60. The van der Waals surface area contributed by atoms with E-state index in [-0.39, 0.29) is 31.8 Å². The number of ether oxygens (including phenoxy) is 2. The van der Waals surface area contributed by atoms with E-state index >= 15 is 0 Å². The molecule has 0 heterocycles. The van der Waals surface area contributed by atoms with Gasteiger partial charge in [0.1, 0.15) is 13.2 Å². The molecule has 5 nitrogen and oxygen atoms in total. The number of rotatable bonds is 6. The van der Waals surface area contributed by atoms with E-state index in [1.165, 1.54) is 12.2 Å². The van der Waals surface area contributed by atoms with Gasteiger partial charge in [-0.15, -0.1) is 0 Å². The van der Waals surface area contributed by atoms with E-state index in [9.17, 15) is 4.79 Å². The van der Waals surface area contributed by atoms with Gasteiger partial charge in [0, 0.05) is 5.41 Å². The van der Waals surface area contributed by atoms with Crippen LogP contribution in [0.5, 0.6) is 0 Å². The first-order valence-corrected chi connectivity index (χ1v) is 5.16. The van der Waals surface area contributed by atoms with Crippen molar-refractivity contribution in [1.29, 1.82) is 0 Å². The first kappa shape index (κ1) is 18.0. The molecule has 0 aromatic heterocycles. The van der Waals surface area contributed by atoms with Gasteiger partial charge in [-0.2, -0.15) is 0 Å². The molecular formula is C12H22O5. The van der Waals surface area contributed by atoms with E-state index in [4.69, 9.17) is 10.2 Å². The van der Waals surface area contributed by atoms with Crippen LogP contribution in [0.25, 0.3) is 0 Å². The third-order valence-corrected chi connectivity index (χ3v) is 1.49. The van der Waals surface area contributed by atoms with Gasteiger partial charge in [0.05, 0.1) is 13.2 Å². The van der Waals surface area contributed by atoms with Crippen LogP contribution < -0.4 is 0 Å². The highest BCUT2D eigenvalue weighted by Gasteiger charge is 2.13. The monoisotopic (exact) mass is 246 g/mol. The molecule has 0 aromatic rings. The van der Waals surface area contributed by atoms with E-state index in [1.54, 1.807) is 13.8 Å². The Hall–Kier alpha value is -1.33. The molecule has 0 fully saturated rings. The van der Waals surface area contributed by atoms with E-state index in [0.29, 0.717) is 0 Å². The molecule has 0 bridgehead atoms. The fraction of sp³-hybridized carbons (Fsp3) is 0.583. The smallest absolute Gasteiger partial charge is 0.430 e. The summed E-state index contributed by atoms with van der Waals surface area (Å²) >= 11 is 0. The fourth-order valence-electron chi connectivity index (χ4n) is 0.346. The van der Waals surface area contributed by atoms with Crippen molar-refractivity contribution in [3.05, 3.63) is 25.3 Å². The van der Waals surface area contributed by atoms with Gasteiger partial charge in [0.2, 0.25) is 0 Å². The maximum Gasteiger partial charge on any atom is 0.508 e. The third-order valence-electron chi connectivity index (χ3n) is 1.49. The summed E-state index contributed by atoms with van der Waals surface area (Å²) in [7, 11) is 0. The number of carbonyl (C=O) groups excluding carboxylic acids is 1. The van der Waals surface area contributed by atoms with Gasteiger partial charge in [-0.05, 0) is 0 Å². The van der Waals surface area contributed by atoms with E-state index in [1.807, 2.05) is 0 Å². The lowest BCUT2D eigenvalue weighted by Gasteiger charge is -2.16. The van der Waals surface area contributed by atoms with Gasteiger partial charge in [-0.25, -0.2) is 4.79 Å². The Morgan fingerprint density at radius 2 is 1.47 bits per heavy atom. The summed E-state index contributed by atoms with van der Waals surface area (Å²) in [4.78, 5) is 10.4. The maximum atomic E-state index is 10.4. The zero-order valence-corrected chi connectivity index (χ0v) is 10.5. The van der Waals surface area contributed by atoms with Crippen molar-refractivity contribution in [2.45, 2.75) is 13.8 Å². The first-order chi connectivity index (χ1) is 7.93. The first-order valence-electron chi connectivity index (χ1n) is 5.16. The van der Waals surface area contributed by atoms with Crippen LogP contribution in [0.3, 0.4) is 0 Å². The summed E-state index contributed by atoms with van der Waals surface area (Å²) in [6.07, 6.45) is 2.24. The summed E-state index contributed by atoms with van der Waals surface area (Å²) in [5, 5.41) is 16.9. The average molecular weight is 246 g/mol. The van der Waals surface area contributed by atoms with Crippen LogP contribution in [0.1, 0.15) is 13.8 Å². The number of aliphatic hydroxyl groups excluding tert-OH is 2. The highest BCUT2D eigenvalue weighted by Crippen LogP contribution is 2.10. The van der Waals surface area contributed by atoms with Crippen LogP contribution in [-0.2, 0) is 9.47 Å². The van der Waals surface area contributed by atoms with Gasteiger partial charge in [0.25, 0.3) is 0 Å². The lowest BCUT2D eigenvalue weighted by molar-refractivity contribution is 0.0718. The summed E-state index contributed by atoms with van der Waals surface area (Å²) in [6.45, 7) is 10.8. The van der Waals surface area contributed by atoms with Crippen molar-refractivity contribution in [2.24, 2.45) is 5.41 Å². The second kappa shape index (κ2) is 11.2. The van der Waals surface area contributed by atoms with Gasteiger partial charge in [0.15, 0.2) is 0 Å². The number of hydrogen-bond donors (Lipinski definition) is 2. The number of hydrogen-bond acceptors (Lipinski definition) is 5. The van der Waals surface area contributed by atoms with Crippen molar-refractivity contribution < 1.29 is 24.5 Å². The normalized spacial score (nSPS) is 9.65. The Morgan fingerprint density at radius 3 is 1.65 bits per heavy atom. The zero-order valence-electron chi connectivity index (χ0n) is 10.5. The third kappa shape index (κ3) is 14.7. The Bertz CT molecular complexity index is 203. The number of aliphatic hydroxyl groups is 2. The molecule has 0 rings (SSSR count). The van der Waals surface area contributed by atoms with Crippen molar-refractivity contribution in [2.75, 3.05) is 26.4 Å². The Balaban J connectivity index is 0. The molecule has 0 aliphatic heterocycles. The number of carbonyl (C=O) groups is 1. The van der Waals surface area contributed by atoms with Gasteiger partial charge < -0.3 is 19.7 Å². The SMILES string of the molecule is C=CCOC(=O)OCC=C.CC(C)(CO)CO. The molecule has 100 valence electrons. The Labute approximate surface area is 102 Å². The lowest BCUT2D eigenvalue weighted by atomic mass is 9.97. The molecule has 0 aliphatic carbocycles. The minimum absolute atomic E-state index is 0.0451. The molecule has 0 saturated carbocycles. The van der Waals surface area contributed by atoms with Crippen LogP contribution >= 0.6 is 0 Å². The van der Waals surface area contributed by atoms with Crippen molar-refractivity contribution in [3.8, 4) is 0 Å². The van der Waals surface area contributed by atoms with Crippen LogP contribution in [0.4, 0.5) is 4.79 Å². The van der Waals surface area contributed by atoms with Crippen LogP contribution in [-0.4, -0.2) is 42.8 Å². The Morgan fingerprint density at radius 1 is 1.12 bits per heavy atom. The molecule has 0 radical (unpaired) electrons. The maximum absolute atomic E-state index is 10.4. The van der Waals surface area contributed by atoms with Crippen LogP contribution in [0, 0.1) is 5.41 Å². The van der Waals surface area contributed by atoms with Crippen LogP contribution in [0.15, 0.2) is 25.3 Å². The molecule has 17 heavy (non-hydrogen) atoms. The zero-order chi connectivity index (χ0) is 13.7. The predicted molar refractivity (Wildman–Crippen MR) is 65.6 cm³/mol. The fourth-order valence-corrected chi connectivity index (χ4v) is 0.346. The summed E-state index contributed by atoms with van der Waals surface area (Å²) in [6, 6.07) is 0. The Kier molecular flexibility index (Phi) is 11.9. The van der Waals surface area contributed by atoms with E-state index in [2.05, 4.69) is 22.6 Å². The molecule has 0 unspecified atom stereocenters. The van der Waals surface area contributed by atoms with Gasteiger partial charge in [-0.3, -0.25) is 0 Å². The second-order valence-corrected chi connectivity index (χ2v) is 3.93. The quantitative estimate of drug-likeness (QED) is 0.549. The molecular weight excluding hydrogens is 224 g/mol. The highest BCUT2D eigenvalue weighted by atomic mass is 16.7. The van der Waals surface area contributed by atoms with E-state index < -0.39 is 6.16 Å². The summed E-state index contributed by atoms with van der Waals surface area (Å²) in [5.74, 6) is 0. The minimum atomic E-state index is -0.695. The molecule has 0 atom stereocenters. The standard InChI is InChI=1S/C7H10O3.C5H12O2/c1-3-5-9-7(8)10-6-4-2;1-5(2,3-6)4-7/h3-4H,1-2,5-6H2;6-7H,3-4H2,1-2H3. The minimum Gasteiger partial charge on any atom is -0.430 e. The predicted octanol–water partition coefficient (Wildman–Crippen LogP) is 1.51. The molecule has 0 amide bonds. The molecule has 2 N–H and O–H groups in total. The van der Waals surface area contributed by atoms with Crippen LogP contribution in [0.2, 0.25) is 0 Å². The summed E-state index contributed by atoms with van der Waals surface area (Å²) in [5.41, 5.74) is -0.306. The second-order valence-electron chi connectivity index (χ2n) is 3.93. The van der Waals surface area contributed by atoms with Gasteiger partial charge in [-0.1, -0.05) is 39.2 Å². The van der Waals surface area contributed by atoms with Crippen molar-refractivity contribution in [1.82, 2.24) is 0 Å². The summed E-state index contributed by atoms with van der Waals surface area (Å²) < 4.78 is 8.93. The molecule has 0 aliphatic rings. The molecule has 0 spiro atoms. The van der Waals surface area contributed by atoms with E-state index in [0.717, 1.165) is 0 Å². The molecule has 0 aromatic carbocycles.